The minimum Gasteiger partial charge on any atom is -0.325 e. The highest BCUT2D eigenvalue weighted by Gasteiger charge is 2.26. The Labute approximate surface area is 97.2 Å². The Balaban J connectivity index is 2.13. The van der Waals surface area contributed by atoms with Gasteiger partial charge in [-0.1, -0.05) is 25.5 Å². The van der Waals surface area contributed by atoms with Crippen molar-refractivity contribution in [1.82, 2.24) is 15.0 Å². The lowest BCUT2D eigenvalue weighted by atomic mass is 9.82. The second kappa shape index (κ2) is 4.95. The Bertz CT molecular complexity index is 339. The summed E-state index contributed by atoms with van der Waals surface area (Å²) in [5.41, 5.74) is 8.04. The van der Waals surface area contributed by atoms with Gasteiger partial charge in [0.1, 0.15) is 0 Å². The highest BCUT2D eigenvalue weighted by molar-refractivity contribution is 5.17. The van der Waals surface area contributed by atoms with E-state index in [2.05, 4.69) is 28.8 Å². The number of hydrogen-bond acceptors (Lipinski definition) is 3. The first-order valence-corrected chi connectivity index (χ1v) is 6.34. The summed E-state index contributed by atoms with van der Waals surface area (Å²) in [6, 6.07) is 0. The van der Waals surface area contributed by atoms with Crippen molar-refractivity contribution >= 4 is 0 Å². The first-order chi connectivity index (χ1) is 7.72. The number of rotatable bonds is 5. The van der Waals surface area contributed by atoms with Crippen molar-refractivity contribution in [2.45, 2.75) is 58.5 Å². The summed E-state index contributed by atoms with van der Waals surface area (Å²) in [4.78, 5) is 0. The van der Waals surface area contributed by atoms with Gasteiger partial charge in [-0.3, -0.25) is 0 Å². The lowest BCUT2D eigenvalue weighted by Gasteiger charge is -2.26. The molecule has 0 unspecified atom stereocenters. The summed E-state index contributed by atoms with van der Waals surface area (Å²) < 4.78 is 2.09. The Morgan fingerprint density at radius 3 is 2.69 bits per heavy atom. The van der Waals surface area contributed by atoms with Crippen LogP contribution < -0.4 is 5.73 Å². The highest BCUT2D eigenvalue weighted by Crippen LogP contribution is 2.37. The van der Waals surface area contributed by atoms with E-state index in [1.165, 1.54) is 25.0 Å². The van der Waals surface area contributed by atoms with E-state index >= 15 is 0 Å². The Morgan fingerprint density at radius 2 is 2.19 bits per heavy atom. The molecule has 0 radical (unpaired) electrons. The molecule has 4 heteroatoms. The van der Waals surface area contributed by atoms with Crippen LogP contribution in [0.4, 0.5) is 0 Å². The van der Waals surface area contributed by atoms with Gasteiger partial charge in [-0.05, 0) is 25.2 Å². The molecule has 0 amide bonds. The van der Waals surface area contributed by atoms with Gasteiger partial charge in [0.2, 0.25) is 0 Å². The summed E-state index contributed by atoms with van der Waals surface area (Å²) in [5.74, 6) is 1.38. The summed E-state index contributed by atoms with van der Waals surface area (Å²) in [7, 11) is 0. The van der Waals surface area contributed by atoms with Crippen molar-refractivity contribution in [2.75, 3.05) is 0 Å². The lowest BCUT2D eigenvalue weighted by Crippen LogP contribution is -2.18. The molecule has 0 bridgehead atoms. The molecule has 1 aliphatic carbocycles. The molecule has 4 nitrogen and oxygen atoms in total. The summed E-state index contributed by atoms with van der Waals surface area (Å²) in [5, 5.41) is 8.45. The van der Waals surface area contributed by atoms with Gasteiger partial charge in [-0.2, -0.15) is 0 Å². The monoisotopic (exact) mass is 222 g/mol. The van der Waals surface area contributed by atoms with Gasteiger partial charge in [0.25, 0.3) is 0 Å². The molecule has 0 aliphatic heterocycles. The largest absolute Gasteiger partial charge is 0.325 e. The maximum absolute atomic E-state index is 5.72. The molecular formula is C12H22N4. The second-order valence-electron chi connectivity index (χ2n) is 5.16. The molecule has 1 saturated carbocycles. The Hall–Kier alpha value is -0.900. The predicted molar refractivity (Wildman–Crippen MR) is 64.0 cm³/mol. The van der Waals surface area contributed by atoms with Crippen LogP contribution in [0.2, 0.25) is 0 Å². The van der Waals surface area contributed by atoms with Crippen molar-refractivity contribution in [2.24, 2.45) is 11.7 Å². The Morgan fingerprint density at radius 1 is 1.44 bits per heavy atom. The fraction of sp³-hybridized carbons (Fsp3) is 0.833. The zero-order valence-electron chi connectivity index (χ0n) is 10.3. The van der Waals surface area contributed by atoms with E-state index in [-0.39, 0.29) is 0 Å². The number of hydrogen-bond donors (Lipinski definition) is 1. The van der Waals surface area contributed by atoms with Gasteiger partial charge >= 0.3 is 0 Å². The molecule has 1 heterocycles. The molecule has 90 valence electrons. The molecule has 2 N–H and O–H groups in total. The average molecular weight is 222 g/mol. The van der Waals surface area contributed by atoms with Gasteiger partial charge in [0.15, 0.2) is 0 Å². The molecule has 1 aromatic heterocycles. The molecule has 0 saturated heterocycles. The molecule has 0 aromatic carbocycles. The van der Waals surface area contributed by atoms with E-state index in [4.69, 9.17) is 5.73 Å². The number of nitrogens with zero attached hydrogens (tertiary/aromatic N) is 3. The minimum atomic E-state index is 0.521. The predicted octanol–water partition coefficient (Wildman–Crippen LogP) is 2.05. The number of aryl methyl sites for hydroxylation is 1. The van der Waals surface area contributed by atoms with Crippen LogP contribution in [0.1, 0.15) is 56.8 Å². The average Bonchev–Trinajstić information content (AvgIpc) is 2.55. The third-order valence-corrected chi connectivity index (χ3v) is 3.45. The first kappa shape index (κ1) is 11.6. The van der Waals surface area contributed by atoms with Crippen LogP contribution in [-0.2, 0) is 13.1 Å². The lowest BCUT2D eigenvalue weighted by molar-refractivity contribution is 0.374. The SMILES string of the molecule is CC(C)CCn1nnc(CN)c1C1CCC1. The molecule has 1 fully saturated rings. The molecule has 2 rings (SSSR count). The number of nitrogens with two attached hydrogens (primary N) is 1. The molecule has 1 aromatic rings. The van der Waals surface area contributed by atoms with Gasteiger partial charge in [0.05, 0.1) is 11.4 Å². The fourth-order valence-corrected chi connectivity index (χ4v) is 2.18. The van der Waals surface area contributed by atoms with E-state index in [1.54, 1.807) is 0 Å². The van der Waals surface area contributed by atoms with Gasteiger partial charge in [-0.25, -0.2) is 4.68 Å². The fourth-order valence-electron chi connectivity index (χ4n) is 2.18. The van der Waals surface area contributed by atoms with Crippen LogP contribution in [0.25, 0.3) is 0 Å². The van der Waals surface area contributed by atoms with Gasteiger partial charge in [-0.15, -0.1) is 5.10 Å². The minimum absolute atomic E-state index is 0.521. The van der Waals surface area contributed by atoms with Crippen LogP contribution in [0, 0.1) is 5.92 Å². The van der Waals surface area contributed by atoms with E-state index in [0.717, 1.165) is 18.7 Å². The van der Waals surface area contributed by atoms with Gasteiger partial charge < -0.3 is 5.73 Å². The smallest absolute Gasteiger partial charge is 0.0997 e. The van der Waals surface area contributed by atoms with E-state index in [0.29, 0.717) is 18.4 Å². The Kier molecular flexibility index (Phi) is 3.59. The summed E-state index contributed by atoms with van der Waals surface area (Å²) >= 11 is 0. The molecule has 16 heavy (non-hydrogen) atoms. The first-order valence-electron chi connectivity index (χ1n) is 6.34. The number of aromatic nitrogens is 3. The van der Waals surface area contributed by atoms with Crippen LogP contribution in [-0.4, -0.2) is 15.0 Å². The van der Waals surface area contributed by atoms with Crippen molar-refractivity contribution in [3.63, 3.8) is 0 Å². The third kappa shape index (κ3) is 2.26. The highest BCUT2D eigenvalue weighted by atomic mass is 15.4. The van der Waals surface area contributed by atoms with Crippen LogP contribution in [0.15, 0.2) is 0 Å². The molecule has 0 spiro atoms. The van der Waals surface area contributed by atoms with Gasteiger partial charge in [0, 0.05) is 19.0 Å². The second-order valence-corrected chi connectivity index (χ2v) is 5.16. The van der Waals surface area contributed by atoms with Crippen molar-refractivity contribution < 1.29 is 0 Å². The normalized spacial score (nSPS) is 16.8. The van der Waals surface area contributed by atoms with Crippen LogP contribution >= 0.6 is 0 Å². The zero-order valence-corrected chi connectivity index (χ0v) is 10.3. The van der Waals surface area contributed by atoms with Crippen LogP contribution in [0.5, 0.6) is 0 Å². The quantitative estimate of drug-likeness (QED) is 0.829. The zero-order chi connectivity index (χ0) is 11.5. The summed E-state index contributed by atoms with van der Waals surface area (Å²) in [6.07, 6.45) is 5.06. The third-order valence-electron chi connectivity index (χ3n) is 3.45. The van der Waals surface area contributed by atoms with Crippen LogP contribution in [0.3, 0.4) is 0 Å². The standard InChI is InChI=1S/C12H22N4/c1-9(2)6-7-16-12(10-4-3-5-10)11(8-13)14-15-16/h9-10H,3-8,13H2,1-2H3. The topological polar surface area (TPSA) is 56.7 Å². The molecule has 1 aliphatic rings. The maximum Gasteiger partial charge on any atom is 0.0997 e. The molecule has 0 atom stereocenters. The van der Waals surface area contributed by atoms with Crippen molar-refractivity contribution in [3.05, 3.63) is 11.4 Å². The summed E-state index contributed by atoms with van der Waals surface area (Å²) in [6.45, 7) is 5.98. The van der Waals surface area contributed by atoms with E-state index < -0.39 is 0 Å². The van der Waals surface area contributed by atoms with E-state index in [9.17, 15) is 0 Å². The van der Waals surface area contributed by atoms with Crippen molar-refractivity contribution in [3.8, 4) is 0 Å². The maximum atomic E-state index is 5.72. The van der Waals surface area contributed by atoms with E-state index in [1.807, 2.05) is 0 Å². The molecular weight excluding hydrogens is 200 g/mol. The van der Waals surface area contributed by atoms with Crippen molar-refractivity contribution in [1.29, 1.82) is 0 Å².